The molecule has 1 atom stereocenters. The molecule has 26 heavy (non-hydrogen) atoms. The minimum Gasteiger partial charge on any atom is -0.379 e. The van der Waals surface area contributed by atoms with Gasteiger partial charge in [0, 0.05) is 50.7 Å². The largest absolute Gasteiger partial charge is 0.379 e. The predicted molar refractivity (Wildman–Crippen MR) is 102 cm³/mol. The molecule has 1 saturated heterocycles. The zero-order valence-corrected chi connectivity index (χ0v) is 15.9. The number of nitrogens with one attached hydrogen (secondary N) is 1. The molecule has 6 nitrogen and oxygen atoms in total. The Bertz CT molecular complexity index is 542. The Hall–Kier alpha value is -1.66. The van der Waals surface area contributed by atoms with Crippen LogP contribution in [0, 0.1) is 0 Å². The van der Waals surface area contributed by atoms with Gasteiger partial charge in [-0.3, -0.25) is 9.88 Å². The van der Waals surface area contributed by atoms with Crippen molar-refractivity contribution in [3.63, 3.8) is 0 Å². The molecular weight excluding hydrogens is 328 g/mol. The number of carbonyl (C=O) groups is 1. The van der Waals surface area contributed by atoms with Crippen LogP contribution in [0.4, 0.5) is 4.79 Å². The Kier molecular flexibility index (Phi) is 7.26. The van der Waals surface area contributed by atoms with Crippen LogP contribution in [-0.2, 0) is 11.3 Å². The Morgan fingerprint density at radius 2 is 2.12 bits per heavy atom. The van der Waals surface area contributed by atoms with Gasteiger partial charge in [-0.05, 0) is 31.4 Å². The first-order valence-electron chi connectivity index (χ1n) is 9.99. The van der Waals surface area contributed by atoms with Crippen LogP contribution >= 0.6 is 0 Å². The van der Waals surface area contributed by atoms with E-state index in [0.717, 1.165) is 44.7 Å². The zero-order valence-electron chi connectivity index (χ0n) is 15.9. The lowest BCUT2D eigenvalue weighted by atomic mass is 9.94. The van der Waals surface area contributed by atoms with Gasteiger partial charge in [-0.2, -0.15) is 0 Å². The molecule has 1 aromatic heterocycles. The fraction of sp³-hybridized carbons (Fsp3) is 0.700. The molecular formula is C20H32N4O2. The first kappa shape index (κ1) is 19.1. The highest BCUT2D eigenvalue weighted by atomic mass is 16.5. The summed E-state index contributed by atoms with van der Waals surface area (Å²) in [6, 6.07) is 4.71. The topological polar surface area (TPSA) is 57.7 Å². The van der Waals surface area contributed by atoms with Crippen molar-refractivity contribution in [2.24, 2.45) is 0 Å². The average molecular weight is 361 g/mol. The van der Waals surface area contributed by atoms with Crippen LogP contribution in [0.15, 0.2) is 24.5 Å². The molecule has 144 valence electrons. The fourth-order valence-electron chi connectivity index (χ4n) is 3.93. The lowest BCUT2D eigenvalue weighted by molar-refractivity contribution is 0.0205. The number of morpholine rings is 1. The number of amides is 2. The summed E-state index contributed by atoms with van der Waals surface area (Å²) >= 11 is 0. The van der Waals surface area contributed by atoms with E-state index < -0.39 is 0 Å². The van der Waals surface area contributed by atoms with Crippen LogP contribution in [0.2, 0.25) is 0 Å². The summed E-state index contributed by atoms with van der Waals surface area (Å²) in [4.78, 5) is 21.6. The number of pyridine rings is 1. The highest BCUT2D eigenvalue weighted by Gasteiger charge is 2.26. The predicted octanol–water partition coefficient (Wildman–Crippen LogP) is 2.65. The molecule has 0 aromatic carbocycles. The molecule has 3 rings (SSSR count). The number of rotatable bonds is 6. The molecule has 1 aromatic rings. The van der Waals surface area contributed by atoms with Gasteiger partial charge in [0.1, 0.15) is 0 Å². The molecule has 6 heteroatoms. The van der Waals surface area contributed by atoms with Gasteiger partial charge < -0.3 is 15.0 Å². The molecule has 0 spiro atoms. The third-order valence-corrected chi connectivity index (χ3v) is 5.57. The van der Waals surface area contributed by atoms with E-state index in [1.165, 1.54) is 19.3 Å². The molecule has 0 bridgehead atoms. The minimum absolute atomic E-state index is 0.0564. The summed E-state index contributed by atoms with van der Waals surface area (Å²) in [7, 11) is 0. The summed E-state index contributed by atoms with van der Waals surface area (Å²) in [5.41, 5.74) is 1.09. The maximum atomic E-state index is 13.0. The van der Waals surface area contributed by atoms with Crippen LogP contribution in [0.1, 0.15) is 44.6 Å². The van der Waals surface area contributed by atoms with Crippen molar-refractivity contribution in [3.05, 3.63) is 30.1 Å². The molecule has 0 radical (unpaired) electrons. The SMILES string of the molecule is CC(CNC(=O)N(Cc1cccnc1)C1CCCCC1)N1CCOCC1. The van der Waals surface area contributed by atoms with Gasteiger partial charge >= 0.3 is 6.03 Å². The number of hydrogen-bond acceptors (Lipinski definition) is 4. The summed E-state index contributed by atoms with van der Waals surface area (Å²) < 4.78 is 5.42. The van der Waals surface area contributed by atoms with E-state index in [1.54, 1.807) is 6.20 Å². The molecule has 1 aliphatic heterocycles. The van der Waals surface area contributed by atoms with Crippen molar-refractivity contribution in [1.82, 2.24) is 20.1 Å². The Morgan fingerprint density at radius 1 is 1.35 bits per heavy atom. The second kappa shape index (κ2) is 9.88. The van der Waals surface area contributed by atoms with Gasteiger partial charge in [0.25, 0.3) is 0 Å². The Morgan fingerprint density at radius 3 is 2.81 bits per heavy atom. The molecule has 2 fully saturated rings. The van der Waals surface area contributed by atoms with Gasteiger partial charge in [-0.25, -0.2) is 4.79 Å². The quantitative estimate of drug-likeness (QED) is 0.847. The minimum atomic E-state index is 0.0564. The highest BCUT2D eigenvalue weighted by Crippen LogP contribution is 2.24. The normalized spacial score (nSPS) is 20.5. The molecule has 1 aliphatic carbocycles. The van der Waals surface area contributed by atoms with E-state index in [1.807, 2.05) is 23.2 Å². The zero-order chi connectivity index (χ0) is 18.2. The van der Waals surface area contributed by atoms with Crippen molar-refractivity contribution in [2.45, 2.75) is 57.7 Å². The molecule has 1 N–H and O–H groups in total. The Balaban J connectivity index is 1.58. The molecule has 2 amide bonds. The van der Waals surface area contributed by atoms with E-state index in [0.29, 0.717) is 25.2 Å². The van der Waals surface area contributed by atoms with Crippen molar-refractivity contribution >= 4 is 6.03 Å². The molecule has 2 heterocycles. The average Bonchev–Trinajstić information content (AvgIpc) is 2.72. The maximum Gasteiger partial charge on any atom is 0.318 e. The van der Waals surface area contributed by atoms with Crippen molar-refractivity contribution in [2.75, 3.05) is 32.8 Å². The number of urea groups is 1. The molecule has 1 unspecified atom stereocenters. The van der Waals surface area contributed by atoms with Crippen molar-refractivity contribution in [3.8, 4) is 0 Å². The van der Waals surface area contributed by atoms with E-state index in [4.69, 9.17) is 4.74 Å². The number of hydrogen-bond donors (Lipinski definition) is 1. The highest BCUT2D eigenvalue weighted by molar-refractivity contribution is 5.74. The first-order chi connectivity index (χ1) is 12.7. The van der Waals surface area contributed by atoms with Crippen molar-refractivity contribution < 1.29 is 9.53 Å². The van der Waals surface area contributed by atoms with E-state index in [9.17, 15) is 4.79 Å². The van der Waals surface area contributed by atoms with Gasteiger partial charge in [0.05, 0.1) is 13.2 Å². The number of aromatic nitrogens is 1. The standard InChI is InChI=1S/C20H32N4O2/c1-17(23-10-12-26-13-11-23)14-22-20(25)24(19-7-3-2-4-8-19)16-18-6-5-9-21-15-18/h5-6,9,15,17,19H,2-4,7-8,10-14,16H2,1H3,(H,22,25). The van der Waals surface area contributed by atoms with Crippen LogP contribution in [-0.4, -0.2) is 65.7 Å². The van der Waals surface area contributed by atoms with Gasteiger partial charge in [-0.15, -0.1) is 0 Å². The van der Waals surface area contributed by atoms with Gasteiger partial charge in [0.15, 0.2) is 0 Å². The second-order valence-corrected chi connectivity index (χ2v) is 7.46. The van der Waals surface area contributed by atoms with E-state index in [2.05, 4.69) is 22.1 Å². The third kappa shape index (κ3) is 5.42. The first-order valence-corrected chi connectivity index (χ1v) is 9.99. The van der Waals surface area contributed by atoms with E-state index in [-0.39, 0.29) is 6.03 Å². The van der Waals surface area contributed by atoms with Gasteiger partial charge in [-0.1, -0.05) is 25.3 Å². The Labute approximate surface area is 156 Å². The van der Waals surface area contributed by atoms with Crippen molar-refractivity contribution in [1.29, 1.82) is 0 Å². The fourth-order valence-corrected chi connectivity index (χ4v) is 3.93. The van der Waals surface area contributed by atoms with Crippen LogP contribution in [0.5, 0.6) is 0 Å². The second-order valence-electron chi connectivity index (χ2n) is 7.46. The maximum absolute atomic E-state index is 13.0. The number of ether oxygens (including phenoxy) is 1. The number of nitrogens with zero attached hydrogens (tertiary/aromatic N) is 3. The lowest BCUT2D eigenvalue weighted by Gasteiger charge is -2.36. The van der Waals surface area contributed by atoms with Gasteiger partial charge in [0.2, 0.25) is 0 Å². The number of carbonyl (C=O) groups excluding carboxylic acids is 1. The van der Waals surface area contributed by atoms with Crippen LogP contribution in [0.3, 0.4) is 0 Å². The smallest absolute Gasteiger partial charge is 0.318 e. The summed E-state index contributed by atoms with van der Waals surface area (Å²) in [5.74, 6) is 0. The summed E-state index contributed by atoms with van der Waals surface area (Å²) in [6.45, 7) is 6.95. The van der Waals surface area contributed by atoms with Crippen LogP contribution in [0.25, 0.3) is 0 Å². The monoisotopic (exact) mass is 360 g/mol. The van der Waals surface area contributed by atoms with Crippen LogP contribution < -0.4 is 5.32 Å². The molecule has 1 saturated carbocycles. The summed E-state index contributed by atoms with van der Waals surface area (Å²) in [6.07, 6.45) is 9.56. The molecule has 2 aliphatic rings. The van der Waals surface area contributed by atoms with E-state index >= 15 is 0 Å². The summed E-state index contributed by atoms with van der Waals surface area (Å²) in [5, 5.41) is 3.18. The third-order valence-electron chi connectivity index (χ3n) is 5.57. The lowest BCUT2D eigenvalue weighted by Crippen LogP contribution is -2.51.